The van der Waals surface area contributed by atoms with E-state index in [-0.39, 0.29) is 6.10 Å². The van der Waals surface area contributed by atoms with E-state index in [2.05, 4.69) is 12.2 Å². The molecule has 3 heteroatoms. The van der Waals surface area contributed by atoms with Crippen molar-refractivity contribution in [2.75, 3.05) is 6.54 Å². The maximum absolute atomic E-state index is 6.15. The van der Waals surface area contributed by atoms with Gasteiger partial charge in [0, 0.05) is 6.04 Å². The highest BCUT2D eigenvalue weighted by Gasteiger charge is 2.26. The largest absolute Gasteiger partial charge is 0.487 e. The second-order valence-electron chi connectivity index (χ2n) is 4.93. The summed E-state index contributed by atoms with van der Waals surface area (Å²) < 4.78 is 6.10. The molecule has 2 unspecified atom stereocenters. The second-order valence-corrected chi connectivity index (χ2v) is 5.34. The molecule has 2 nitrogen and oxygen atoms in total. The van der Waals surface area contributed by atoms with Crippen LogP contribution >= 0.6 is 11.6 Å². The Balaban J connectivity index is 1.98. The number of hydrogen-bond acceptors (Lipinski definition) is 2. The molecule has 0 radical (unpaired) electrons. The molecule has 2 rings (SSSR count). The summed E-state index contributed by atoms with van der Waals surface area (Å²) >= 11 is 6.15. The minimum absolute atomic E-state index is 0.255. The molecule has 2 atom stereocenters. The lowest BCUT2D eigenvalue weighted by atomic mass is 9.92. The Bertz CT molecular complexity index is 369. The van der Waals surface area contributed by atoms with Crippen LogP contribution in [0.1, 0.15) is 39.0 Å². The van der Waals surface area contributed by atoms with Crippen LogP contribution in [0, 0.1) is 0 Å². The summed E-state index contributed by atoms with van der Waals surface area (Å²) in [4.78, 5) is 0. The van der Waals surface area contributed by atoms with Crippen molar-refractivity contribution in [1.82, 2.24) is 5.32 Å². The summed E-state index contributed by atoms with van der Waals surface area (Å²) in [5, 5.41) is 4.30. The van der Waals surface area contributed by atoms with E-state index in [1.165, 1.54) is 19.3 Å². The van der Waals surface area contributed by atoms with Gasteiger partial charge in [0.2, 0.25) is 0 Å². The van der Waals surface area contributed by atoms with Gasteiger partial charge in [0.1, 0.15) is 11.9 Å². The summed E-state index contributed by atoms with van der Waals surface area (Å²) in [6.07, 6.45) is 6.28. The minimum atomic E-state index is 0.255. The van der Waals surface area contributed by atoms with Gasteiger partial charge >= 0.3 is 0 Å². The smallest absolute Gasteiger partial charge is 0.138 e. The first-order valence-corrected chi connectivity index (χ1v) is 7.33. The van der Waals surface area contributed by atoms with Crippen LogP contribution in [0.4, 0.5) is 0 Å². The standard InChI is InChI=1S/C15H22ClNO/c1-2-11-17-13-8-4-6-10-15(13)18-14-9-5-3-7-12(14)16/h3,5,7,9,13,15,17H,2,4,6,8,10-11H2,1H3. The molecule has 100 valence electrons. The molecule has 1 saturated carbocycles. The quantitative estimate of drug-likeness (QED) is 0.870. The molecule has 1 aromatic rings. The first-order chi connectivity index (χ1) is 8.81. The zero-order chi connectivity index (χ0) is 12.8. The van der Waals surface area contributed by atoms with Gasteiger partial charge in [0.15, 0.2) is 0 Å². The fourth-order valence-corrected chi connectivity index (χ4v) is 2.68. The van der Waals surface area contributed by atoms with Crippen molar-refractivity contribution in [3.8, 4) is 5.75 Å². The molecular formula is C15H22ClNO. The van der Waals surface area contributed by atoms with Gasteiger partial charge in [-0.2, -0.15) is 0 Å². The van der Waals surface area contributed by atoms with Crippen LogP contribution in [0.3, 0.4) is 0 Å². The third-order valence-corrected chi connectivity index (χ3v) is 3.79. The second kappa shape index (κ2) is 7.01. The number of hydrogen-bond donors (Lipinski definition) is 1. The highest BCUT2D eigenvalue weighted by atomic mass is 35.5. The molecule has 1 fully saturated rings. The fraction of sp³-hybridized carbons (Fsp3) is 0.600. The normalized spacial score (nSPS) is 23.9. The monoisotopic (exact) mass is 267 g/mol. The van der Waals surface area contributed by atoms with Gasteiger partial charge in [-0.15, -0.1) is 0 Å². The Kier molecular flexibility index (Phi) is 5.33. The zero-order valence-corrected chi connectivity index (χ0v) is 11.7. The molecule has 1 aliphatic carbocycles. The molecule has 1 aromatic carbocycles. The van der Waals surface area contributed by atoms with Gasteiger partial charge in [0.25, 0.3) is 0 Å². The van der Waals surface area contributed by atoms with E-state index < -0.39 is 0 Å². The third kappa shape index (κ3) is 3.63. The van der Waals surface area contributed by atoms with Crippen molar-refractivity contribution in [2.24, 2.45) is 0 Å². The summed E-state index contributed by atoms with van der Waals surface area (Å²) in [5.41, 5.74) is 0. The Labute approximate surface area is 115 Å². The van der Waals surface area contributed by atoms with E-state index in [9.17, 15) is 0 Å². The number of rotatable bonds is 5. The number of nitrogens with one attached hydrogen (secondary N) is 1. The summed E-state index contributed by atoms with van der Waals surface area (Å²) in [6.45, 7) is 3.26. The van der Waals surface area contributed by atoms with Crippen LogP contribution in [-0.4, -0.2) is 18.7 Å². The van der Waals surface area contributed by atoms with Crippen molar-refractivity contribution in [2.45, 2.75) is 51.2 Å². The minimum Gasteiger partial charge on any atom is -0.487 e. The lowest BCUT2D eigenvalue weighted by molar-refractivity contribution is 0.114. The highest BCUT2D eigenvalue weighted by molar-refractivity contribution is 6.32. The predicted molar refractivity (Wildman–Crippen MR) is 76.4 cm³/mol. The van der Waals surface area contributed by atoms with Gasteiger partial charge in [-0.3, -0.25) is 0 Å². The molecule has 1 aliphatic rings. The van der Waals surface area contributed by atoms with Crippen molar-refractivity contribution in [3.63, 3.8) is 0 Å². The Morgan fingerprint density at radius 3 is 2.83 bits per heavy atom. The SMILES string of the molecule is CCCNC1CCCCC1Oc1ccccc1Cl. The maximum atomic E-state index is 6.15. The molecule has 18 heavy (non-hydrogen) atoms. The fourth-order valence-electron chi connectivity index (χ4n) is 2.50. The Morgan fingerprint density at radius 1 is 1.28 bits per heavy atom. The van der Waals surface area contributed by atoms with Crippen LogP contribution in [0.15, 0.2) is 24.3 Å². The third-order valence-electron chi connectivity index (χ3n) is 3.47. The summed E-state index contributed by atoms with van der Waals surface area (Å²) in [6, 6.07) is 8.21. The van der Waals surface area contributed by atoms with E-state index in [1.54, 1.807) is 0 Å². The van der Waals surface area contributed by atoms with E-state index in [1.807, 2.05) is 24.3 Å². The van der Waals surface area contributed by atoms with Crippen LogP contribution in [0.5, 0.6) is 5.75 Å². The molecule has 1 N–H and O–H groups in total. The van der Waals surface area contributed by atoms with Crippen LogP contribution in [-0.2, 0) is 0 Å². The van der Waals surface area contributed by atoms with Gasteiger partial charge in [0.05, 0.1) is 5.02 Å². The van der Waals surface area contributed by atoms with E-state index in [4.69, 9.17) is 16.3 Å². The molecule has 0 aromatic heterocycles. The zero-order valence-electron chi connectivity index (χ0n) is 11.0. The molecule has 0 aliphatic heterocycles. The van der Waals surface area contributed by atoms with Crippen molar-refractivity contribution >= 4 is 11.6 Å². The molecule has 0 amide bonds. The first kappa shape index (κ1) is 13.7. The number of benzene rings is 1. The first-order valence-electron chi connectivity index (χ1n) is 6.96. The maximum Gasteiger partial charge on any atom is 0.138 e. The Hall–Kier alpha value is -0.730. The number of para-hydroxylation sites is 1. The van der Waals surface area contributed by atoms with Crippen molar-refractivity contribution in [3.05, 3.63) is 29.3 Å². The van der Waals surface area contributed by atoms with Gasteiger partial charge < -0.3 is 10.1 Å². The van der Waals surface area contributed by atoms with Gasteiger partial charge in [-0.25, -0.2) is 0 Å². The van der Waals surface area contributed by atoms with Gasteiger partial charge in [-0.1, -0.05) is 37.1 Å². The molecular weight excluding hydrogens is 246 g/mol. The topological polar surface area (TPSA) is 21.3 Å². The predicted octanol–water partition coefficient (Wildman–Crippen LogP) is 4.03. The summed E-state index contributed by atoms with van der Waals surface area (Å²) in [7, 11) is 0. The van der Waals surface area contributed by atoms with Crippen LogP contribution in [0.2, 0.25) is 5.02 Å². The highest BCUT2D eigenvalue weighted by Crippen LogP contribution is 2.28. The van der Waals surface area contributed by atoms with Crippen LogP contribution < -0.4 is 10.1 Å². The van der Waals surface area contributed by atoms with E-state index >= 15 is 0 Å². The van der Waals surface area contributed by atoms with Crippen molar-refractivity contribution < 1.29 is 4.74 Å². The van der Waals surface area contributed by atoms with E-state index in [0.29, 0.717) is 11.1 Å². The summed E-state index contributed by atoms with van der Waals surface area (Å²) in [5.74, 6) is 0.814. The lowest BCUT2D eigenvalue weighted by Crippen LogP contribution is -2.45. The average Bonchev–Trinajstić information content (AvgIpc) is 2.40. The van der Waals surface area contributed by atoms with Gasteiger partial charge in [-0.05, 0) is 44.4 Å². The molecule has 0 heterocycles. The van der Waals surface area contributed by atoms with Crippen LogP contribution in [0.25, 0.3) is 0 Å². The lowest BCUT2D eigenvalue weighted by Gasteiger charge is -2.32. The molecule has 0 bridgehead atoms. The average molecular weight is 268 g/mol. The number of halogens is 1. The van der Waals surface area contributed by atoms with Crippen molar-refractivity contribution in [1.29, 1.82) is 0 Å². The van der Waals surface area contributed by atoms with E-state index in [0.717, 1.165) is 25.1 Å². The molecule has 0 spiro atoms. The number of ether oxygens (including phenoxy) is 1. The Morgan fingerprint density at radius 2 is 2.06 bits per heavy atom. The molecule has 0 saturated heterocycles.